The maximum absolute atomic E-state index is 13.1. The molecule has 1 fully saturated rings. The van der Waals surface area contributed by atoms with Crippen molar-refractivity contribution in [1.29, 1.82) is 0 Å². The van der Waals surface area contributed by atoms with Gasteiger partial charge in [-0.05, 0) is 18.1 Å². The zero-order valence-corrected chi connectivity index (χ0v) is 8.50. The number of anilines is 1. The van der Waals surface area contributed by atoms with E-state index in [1.807, 2.05) is 0 Å². The summed E-state index contributed by atoms with van der Waals surface area (Å²) in [7, 11) is 0. The number of nitrogen functional groups attached to an aromatic ring is 1. The SMILES string of the molecule is Nc1c(F)cccc1C(=O)CC1CCC1. The molecule has 1 aromatic rings. The highest BCUT2D eigenvalue weighted by Crippen LogP contribution is 2.31. The van der Waals surface area contributed by atoms with Crippen LogP contribution < -0.4 is 5.73 Å². The van der Waals surface area contributed by atoms with Gasteiger partial charge in [0, 0.05) is 12.0 Å². The molecule has 0 spiro atoms. The Hall–Kier alpha value is -1.38. The lowest BCUT2D eigenvalue weighted by molar-refractivity contribution is 0.0937. The number of carbonyl (C=O) groups is 1. The van der Waals surface area contributed by atoms with Crippen LogP contribution in [-0.2, 0) is 0 Å². The minimum Gasteiger partial charge on any atom is -0.396 e. The van der Waals surface area contributed by atoms with E-state index in [2.05, 4.69) is 0 Å². The smallest absolute Gasteiger partial charge is 0.165 e. The number of nitrogens with two attached hydrogens (primary N) is 1. The van der Waals surface area contributed by atoms with Gasteiger partial charge in [-0.25, -0.2) is 4.39 Å². The van der Waals surface area contributed by atoms with Crippen LogP contribution in [0.2, 0.25) is 0 Å². The first-order valence-electron chi connectivity index (χ1n) is 5.25. The van der Waals surface area contributed by atoms with E-state index in [9.17, 15) is 9.18 Å². The number of Topliss-reactive ketones (excluding diaryl/α,β-unsaturated/α-hetero) is 1. The predicted molar refractivity (Wildman–Crippen MR) is 57.1 cm³/mol. The number of para-hydroxylation sites is 1. The molecule has 1 saturated carbocycles. The number of rotatable bonds is 3. The summed E-state index contributed by atoms with van der Waals surface area (Å²) in [4.78, 5) is 11.8. The first-order chi connectivity index (χ1) is 7.18. The van der Waals surface area contributed by atoms with Crippen molar-refractivity contribution in [2.75, 3.05) is 5.73 Å². The Kier molecular flexibility index (Phi) is 2.71. The average molecular weight is 207 g/mol. The highest BCUT2D eigenvalue weighted by molar-refractivity contribution is 6.00. The summed E-state index contributed by atoms with van der Waals surface area (Å²) in [5, 5.41) is 0. The topological polar surface area (TPSA) is 43.1 Å². The van der Waals surface area contributed by atoms with Crippen molar-refractivity contribution in [2.45, 2.75) is 25.7 Å². The van der Waals surface area contributed by atoms with Gasteiger partial charge in [0.05, 0.1) is 5.69 Å². The zero-order chi connectivity index (χ0) is 10.8. The molecule has 0 heterocycles. The highest BCUT2D eigenvalue weighted by Gasteiger charge is 2.22. The number of carbonyl (C=O) groups excluding carboxylic acids is 1. The van der Waals surface area contributed by atoms with E-state index in [1.165, 1.54) is 18.6 Å². The molecule has 15 heavy (non-hydrogen) atoms. The van der Waals surface area contributed by atoms with Gasteiger partial charge in [-0.3, -0.25) is 4.79 Å². The monoisotopic (exact) mass is 207 g/mol. The van der Waals surface area contributed by atoms with Gasteiger partial charge in [-0.1, -0.05) is 25.3 Å². The molecule has 0 saturated heterocycles. The first kappa shape index (κ1) is 10.1. The van der Waals surface area contributed by atoms with E-state index < -0.39 is 5.82 Å². The van der Waals surface area contributed by atoms with Gasteiger partial charge >= 0.3 is 0 Å². The molecule has 0 amide bonds. The van der Waals surface area contributed by atoms with E-state index in [1.54, 1.807) is 6.07 Å². The van der Waals surface area contributed by atoms with Gasteiger partial charge < -0.3 is 5.73 Å². The Labute approximate surface area is 88.3 Å². The molecular formula is C12H14FNO. The van der Waals surface area contributed by atoms with Gasteiger partial charge in [0.15, 0.2) is 5.78 Å². The molecular weight excluding hydrogens is 193 g/mol. The van der Waals surface area contributed by atoms with E-state index in [0.29, 0.717) is 17.9 Å². The number of hydrogen-bond acceptors (Lipinski definition) is 2. The molecule has 0 aliphatic heterocycles. The van der Waals surface area contributed by atoms with Crippen LogP contribution in [0.15, 0.2) is 18.2 Å². The van der Waals surface area contributed by atoms with Gasteiger partial charge in [0.1, 0.15) is 5.82 Å². The summed E-state index contributed by atoms with van der Waals surface area (Å²) in [5.74, 6) is -0.0497. The summed E-state index contributed by atoms with van der Waals surface area (Å²) in [6.07, 6.45) is 3.94. The third-order valence-corrected chi connectivity index (χ3v) is 3.05. The molecule has 2 N–H and O–H groups in total. The summed E-state index contributed by atoms with van der Waals surface area (Å²) < 4.78 is 13.1. The number of hydrogen-bond donors (Lipinski definition) is 1. The van der Waals surface area contributed by atoms with Crippen molar-refractivity contribution in [3.8, 4) is 0 Å². The van der Waals surface area contributed by atoms with E-state index in [4.69, 9.17) is 5.73 Å². The minimum atomic E-state index is -0.505. The number of ketones is 1. The number of benzene rings is 1. The van der Waals surface area contributed by atoms with Gasteiger partial charge in [-0.15, -0.1) is 0 Å². The van der Waals surface area contributed by atoms with Crippen LogP contribution in [0.5, 0.6) is 0 Å². The molecule has 3 heteroatoms. The first-order valence-corrected chi connectivity index (χ1v) is 5.25. The third kappa shape index (κ3) is 2.01. The normalized spacial score (nSPS) is 16.1. The summed E-state index contributed by atoms with van der Waals surface area (Å²) in [5.41, 5.74) is 5.85. The van der Waals surface area contributed by atoms with Crippen LogP contribution in [0.4, 0.5) is 10.1 Å². The fraction of sp³-hybridized carbons (Fsp3) is 0.417. The van der Waals surface area contributed by atoms with Crippen LogP contribution in [-0.4, -0.2) is 5.78 Å². The van der Waals surface area contributed by atoms with Crippen molar-refractivity contribution in [3.05, 3.63) is 29.6 Å². The molecule has 2 nitrogen and oxygen atoms in total. The van der Waals surface area contributed by atoms with Crippen molar-refractivity contribution >= 4 is 11.5 Å². The lowest BCUT2D eigenvalue weighted by Gasteiger charge is -2.24. The second-order valence-corrected chi connectivity index (χ2v) is 4.13. The fourth-order valence-electron chi connectivity index (χ4n) is 1.85. The largest absolute Gasteiger partial charge is 0.396 e. The van der Waals surface area contributed by atoms with Gasteiger partial charge in [-0.2, -0.15) is 0 Å². The Morgan fingerprint density at radius 1 is 1.47 bits per heavy atom. The van der Waals surface area contributed by atoms with Crippen molar-refractivity contribution in [2.24, 2.45) is 5.92 Å². The molecule has 0 unspecified atom stereocenters. The maximum Gasteiger partial charge on any atom is 0.165 e. The fourth-order valence-corrected chi connectivity index (χ4v) is 1.85. The number of halogens is 1. The average Bonchev–Trinajstić information content (AvgIpc) is 2.15. The third-order valence-electron chi connectivity index (χ3n) is 3.05. The Bertz CT molecular complexity index is 385. The Morgan fingerprint density at radius 2 is 2.20 bits per heavy atom. The van der Waals surface area contributed by atoms with E-state index >= 15 is 0 Å². The van der Waals surface area contributed by atoms with Crippen molar-refractivity contribution in [3.63, 3.8) is 0 Å². The van der Waals surface area contributed by atoms with Crippen molar-refractivity contribution < 1.29 is 9.18 Å². The molecule has 0 bridgehead atoms. The molecule has 80 valence electrons. The molecule has 1 aromatic carbocycles. The summed E-state index contributed by atoms with van der Waals surface area (Å²) in [6, 6.07) is 4.40. The lowest BCUT2D eigenvalue weighted by atomic mass is 9.81. The van der Waals surface area contributed by atoms with Crippen molar-refractivity contribution in [1.82, 2.24) is 0 Å². The molecule has 0 atom stereocenters. The summed E-state index contributed by atoms with van der Waals surface area (Å²) in [6.45, 7) is 0. The minimum absolute atomic E-state index is 0.0122. The molecule has 1 aliphatic carbocycles. The van der Waals surface area contributed by atoms with Gasteiger partial charge in [0.2, 0.25) is 0 Å². The Morgan fingerprint density at radius 3 is 2.80 bits per heavy atom. The second-order valence-electron chi connectivity index (χ2n) is 4.13. The highest BCUT2D eigenvalue weighted by atomic mass is 19.1. The van der Waals surface area contributed by atoms with Crippen LogP contribution in [0.25, 0.3) is 0 Å². The quantitative estimate of drug-likeness (QED) is 0.611. The molecule has 0 aromatic heterocycles. The zero-order valence-electron chi connectivity index (χ0n) is 8.50. The summed E-state index contributed by atoms with van der Waals surface area (Å²) >= 11 is 0. The van der Waals surface area contributed by atoms with Crippen LogP contribution in [0.3, 0.4) is 0 Å². The van der Waals surface area contributed by atoms with Crippen LogP contribution in [0.1, 0.15) is 36.0 Å². The standard InChI is InChI=1S/C12H14FNO/c13-10-6-2-5-9(12(10)14)11(15)7-8-3-1-4-8/h2,5-6,8H,1,3-4,7,14H2. The molecule has 1 aliphatic rings. The second kappa shape index (κ2) is 4.01. The lowest BCUT2D eigenvalue weighted by Crippen LogP contribution is -2.17. The Balaban J connectivity index is 2.13. The van der Waals surface area contributed by atoms with Gasteiger partial charge in [0.25, 0.3) is 0 Å². The molecule has 2 rings (SSSR count). The predicted octanol–water partition coefficient (Wildman–Crippen LogP) is 2.78. The molecule has 0 radical (unpaired) electrons. The van der Waals surface area contributed by atoms with Crippen LogP contribution >= 0.6 is 0 Å². The van der Waals surface area contributed by atoms with Crippen LogP contribution in [0, 0.1) is 11.7 Å². The maximum atomic E-state index is 13.1. The van der Waals surface area contributed by atoms with E-state index in [-0.39, 0.29) is 11.5 Å². The van der Waals surface area contributed by atoms with E-state index in [0.717, 1.165) is 12.8 Å².